The van der Waals surface area contributed by atoms with Gasteiger partial charge < -0.3 is 15.2 Å². The molecule has 2 rings (SSSR count). The molecule has 1 aliphatic rings. The van der Waals surface area contributed by atoms with Gasteiger partial charge in [0.15, 0.2) is 17.1 Å². The highest BCUT2D eigenvalue weighted by molar-refractivity contribution is 6.32. The second kappa shape index (κ2) is 5.77. The summed E-state index contributed by atoms with van der Waals surface area (Å²) < 4.78 is 5.09. The van der Waals surface area contributed by atoms with Gasteiger partial charge in [-0.3, -0.25) is 9.59 Å². The van der Waals surface area contributed by atoms with Gasteiger partial charge >= 0.3 is 0 Å². The molecular formula is C15H16NO5-. The minimum Gasteiger partial charge on any atom is -0.761 e. The van der Waals surface area contributed by atoms with Gasteiger partial charge in [-0.2, -0.15) is 0 Å². The molecule has 0 saturated heterocycles. The van der Waals surface area contributed by atoms with Crippen LogP contribution >= 0.6 is 0 Å². The summed E-state index contributed by atoms with van der Waals surface area (Å²) >= 11 is 0. The predicted octanol–water partition coefficient (Wildman–Crippen LogP) is 2.32. The molecule has 1 aliphatic carbocycles. The van der Waals surface area contributed by atoms with Crippen LogP contribution in [0, 0.1) is 5.21 Å². The topological polar surface area (TPSA) is 89.9 Å². The van der Waals surface area contributed by atoms with Gasteiger partial charge in [0.2, 0.25) is 0 Å². The van der Waals surface area contributed by atoms with Crippen LogP contribution in [0.25, 0.3) is 0 Å². The molecule has 0 aliphatic heterocycles. The van der Waals surface area contributed by atoms with Gasteiger partial charge in [-0.15, -0.1) is 0 Å². The second-order valence-electron chi connectivity index (χ2n) is 4.93. The Morgan fingerprint density at radius 3 is 2.29 bits per heavy atom. The van der Waals surface area contributed by atoms with Crippen molar-refractivity contribution in [2.75, 3.05) is 6.61 Å². The lowest BCUT2D eigenvalue weighted by Crippen LogP contribution is -2.53. The van der Waals surface area contributed by atoms with Crippen LogP contribution in [0.15, 0.2) is 36.1 Å². The number of carbonyl (C=O) groups is 2. The van der Waals surface area contributed by atoms with E-state index in [2.05, 4.69) is 0 Å². The van der Waals surface area contributed by atoms with Crippen molar-refractivity contribution in [2.45, 2.75) is 25.8 Å². The van der Waals surface area contributed by atoms with Crippen molar-refractivity contribution in [1.29, 1.82) is 0 Å². The smallest absolute Gasteiger partial charge is 0.193 e. The SMILES string of the molecule is CCO/C=C(\C)CC1(N([O-])O)C(=O)c2ccccc2C1=O. The van der Waals surface area contributed by atoms with Crippen molar-refractivity contribution in [3.63, 3.8) is 0 Å². The molecular weight excluding hydrogens is 274 g/mol. The van der Waals surface area contributed by atoms with Crippen molar-refractivity contribution in [3.8, 4) is 0 Å². The van der Waals surface area contributed by atoms with E-state index in [-0.39, 0.29) is 17.5 Å². The van der Waals surface area contributed by atoms with Crippen LogP contribution in [0.2, 0.25) is 0 Å². The Bertz CT molecular complexity index is 571. The Labute approximate surface area is 122 Å². The van der Waals surface area contributed by atoms with Gasteiger partial charge in [-0.1, -0.05) is 24.3 Å². The van der Waals surface area contributed by atoms with Crippen molar-refractivity contribution < 1.29 is 19.5 Å². The number of hydrogen-bond acceptors (Lipinski definition) is 6. The normalized spacial score (nSPS) is 17.3. The molecule has 0 fully saturated rings. The molecule has 6 heteroatoms. The van der Waals surface area contributed by atoms with E-state index in [1.54, 1.807) is 26.0 Å². The monoisotopic (exact) mass is 290 g/mol. The Morgan fingerprint density at radius 2 is 1.86 bits per heavy atom. The van der Waals surface area contributed by atoms with Gasteiger partial charge in [0.05, 0.1) is 12.9 Å². The van der Waals surface area contributed by atoms with Crippen molar-refractivity contribution >= 4 is 11.6 Å². The van der Waals surface area contributed by atoms with Crippen molar-refractivity contribution in [3.05, 3.63) is 52.4 Å². The van der Waals surface area contributed by atoms with Gasteiger partial charge in [-0.25, -0.2) is 5.23 Å². The van der Waals surface area contributed by atoms with Crippen molar-refractivity contribution in [1.82, 2.24) is 5.23 Å². The molecule has 0 bridgehead atoms. The van der Waals surface area contributed by atoms with E-state index in [9.17, 15) is 20.0 Å². The number of hydrogen-bond donors (Lipinski definition) is 1. The molecule has 0 radical (unpaired) electrons. The second-order valence-corrected chi connectivity index (χ2v) is 4.93. The number of rotatable bonds is 5. The maximum atomic E-state index is 12.5. The quantitative estimate of drug-likeness (QED) is 0.508. The van der Waals surface area contributed by atoms with Gasteiger partial charge in [0, 0.05) is 17.5 Å². The summed E-state index contributed by atoms with van der Waals surface area (Å²) in [4.78, 5) is 25.0. The Morgan fingerprint density at radius 1 is 1.33 bits per heavy atom. The molecule has 0 atom stereocenters. The highest BCUT2D eigenvalue weighted by atomic mass is 16.8. The molecule has 1 N–H and O–H groups in total. The van der Waals surface area contributed by atoms with E-state index in [0.29, 0.717) is 12.2 Å². The number of ketones is 2. The van der Waals surface area contributed by atoms with Crippen LogP contribution in [-0.2, 0) is 4.74 Å². The molecule has 0 aromatic heterocycles. The first kappa shape index (κ1) is 15.4. The number of hydroxylamine groups is 2. The number of Topliss-reactive ketones (excluding diaryl/α,β-unsaturated/α-hetero) is 2. The Hall–Kier alpha value is -2.02. The molecule has 1 aromatic carbocycles. The summed E-state index contributed by atoms with van der Waals surface area (Å²) in [5.74, 6) is -1.38. The summed E-state index contributed by atoms with van der Waals surface area (Å²) in [6, 6.07) is 6.16. The third kappa shape index (κ3) is 2.37. The number of carbonyl (C=O) groups excluding carboxylic acids is 2. The van der Waals surface area contributed by atoms with Gasteiger partial charge in [0.25, 0.3) is 0 Å². The van der Waals surface area contributed by atoms with E-state index >= 15 is 0 Å². The number of ether oxygens (including phenoxy) is 1. The number of benzene rings is 1. The van der Waals surface area contributed by atoms with E-state index < -0.39 is 22.3 Å². The average molecular weight is 290 g/mol. The summed E-state index contributed by atoms with van der Waals surface area (Å²) in [7, 11) is 0. The zero-order valence-electron chi connectivity index (χ0n) is 11.8. The van der Waals surface area contributed by atoms with E-state index in [4.69, 9.17) is 4.74 Å². The predicted molar refractivity (Wildman–Crippen MR) is 74.8 cm³/mol. The standard InChI is InChI=1S/C15H16NO5/c1-3-21-9-10(2)8-15(16(19)20)13(17)11-6-4-5-7-12(11)14(15)18/h4-7,9,19H,3,8H2,1-2H3/q-1/b10-9+. The Kier molecular flexibility index (Phi) is 4.22. The van der Waals surface area contributed by atoms with Crippen LogP contribution in [-0.4, -0.2) is 34.1 Å². The maximum absolute atomic E-state index is 12.5. The highest BCUT2D eigenvalue weighted by Crippen LogP contribution is 2.37. The van der Waals surface area contributed by atoms with Crippen LogP contribution < -0.4 is 0 Å². The third-order valence-electron chi connectivity index (χ3n) is 3.48. The summed E-state index contributed by atoms with van der Waals surface area (Å²) in [6.45, 7) is 3.84. The van der Waals surface area contributed by atoms with Crippen LogP contribution in [0.5, 0.6) is 0 Å². The van der Waals surface area contributed by atoms with Gasteiger partial charge in [-0.05, 0) is 19.4 Å². The van der Waals surface area contributed by atoms with Gasteiger partial charge in [0.1, 0.15) is 0 Å². The summed E-state index contributed by atoms with van der Waals surface area (Å²) in [5.41, 5.74) is -1.33. The van der Waals surface area contributed by atoms with Crippen molar-refractivity contribution in [2.24, 2.45) is 0 Å². The van der Waals surface area contributed by atoms with Crippen LogP contribution in [0.4, 0.5) is 0 Å². The lowest BCUT2D eigenvalue weighted by molar-refractivity contribution is -0.0960. The molecule has 112 valence electrons. The van der Waals surface area contributed by atoms with E-state index in [1.807, 2.05) is 0 Å². The first-order valence-corrected chi connectivity index (χ1v) is 6.57. The van der Waals surface area contributed by atoms with E-state index in [1.165, 1.54) is 18.4 Å². The number of nitrogens with zero attached hydrogens (tertiary/aromatic N) is 1. The molecule has 21 heavy (non-hydrogen) atoms. The fraction of sp³-hybridized carbons (Fsp3) is 0.333. The lowest BCUT2D eigenvalue weighted by Gasteiger charge is -2.38. The van der Waals surface area contributed by atoms with Crippen LogP contribution in [0.1, 0.15) is 41.0 Å². The summed E-state index contributed by atoms with van der Waals surface area (Å²) in [5, 5.41) is 20.6. The molecule has 0 saturated carbocycles. The summed E-state index contributed by atoms with van der Waals surface area (Å²) in [6.07, 6.45) is 1.16. The molecule has 1 aromatic rings. The minimum atomic E-state index is -2.15. The van der Waals surface area contributed by atoms with E-state index in [0.717, 1.165) is 0 Å². The Balaban J connectivity index is 2.46. The fourth-order valence-electron chi connectivity index (χ4n) is 2.50. The first-order chi connectivity index (χ1) is 9.95. The molecule has 0 heterocycles. The van der Waals surface area contributed by atoms with Crippen LogP contribution in [0.3, 0.4) is 0 Å². The minimum absolute atomic E-state index is 0.154. The zero-order chi connectivity index (χ0) is 15.6. The third-order valence-corrected chi connectivity index (χ3v) is 3.48. The molecule has 0 unspecified atom stereocenters. The number of fused-ring (bicyclic) bond motifs is 1. The largest absolute Gasteiger partial charge is 0.761 e. The molecule has 0 spiro atoms. The average Bonchev–Trinajstić information content (AvgIpc) is 2.68. The zero-order valence-corrected chi connectivity index (χ0v) is 11.8. The maximum Gasteiger partial charge on any atom is 0.193 e. The molecule has 6 nitrogen and oxygen atoms in total. The highest BCUT2D eigenvalue weighted by Gasteiger charge is 2.54. The fourth-order valence-corrected chi connectivity index (χ4v) is 2.50. The molecule has 0 amide bonds. The first-order valence-electron chi connectivity index (χ1n) is 6.57. The lowest BCUT2D eigenvalue weighted by atomic mass is 9.87.